The van der Waals surface area contributed by atoms with E-state index in [1.54, 1.807) is 13.8 Å². The van der Waals surface area contributed by atoms with Gasteiger partial charge in [0.1, 0.15) is 17.1 Å². The molecule has 90 valence electrons. The normalized spacial score (nSPS) is 11.4. The molecule has 0 aliphatic rings. The van der Waals surface area contributed by atoms with Gasteiger partial charge < -0.3 is 4.42 Å². The lowest BCUT2D eigenvalue weighted by molar-refractivity contribution is 0.143. The number of alkyl halides is 2. The zero-order chi connectivity index (χ0) is 12.4. The lowest BCUT2D eigenvalue weighted by Crippen LogP contribution is -1.93. The van der Waals surface area contributed by atoms with Crippen LogP contribution in [0.1, 0.15) is 37.6 Å². The first-order chi connectivity index (χ1) is 8.09. The number of nitrogens with zero attached hydrogens (tertiary/aromatic N) is 3. The van der Waals surface area contributed by atoms with Crippen LogP contribution in [0.15, 0.2) is 23.0 Å². The number of oxazole rings is 1. The highest BCUT2D eigenvalue weighted by atomic mass is 19.3. The molecule has 6 heteroatoms. The number of halogens is 2. The summed E-state index contributed by atoms with van der Waals surface area (Å²) in [4.78, 5) is 11.6. The van der Waals surface area contributed by atoms with Gasteiger partial charge in [0.15, 0.2) is 0 Å². The van der Waals surface area contributed by atoms with Crippen molar-refractivity contribution in [1.29, 1.82) is 0 Å². The zero-order valence-electron chi connectivity index (χ0n) is 9.39. The topological polar surface area (TPSA) is 51.8 Å². The molecule has 0 N–H and O–H groups in total. The van der Waals surface area contributed by atoms with E-state index in [0.29, 0.717) is 5.69 Å². The fraction of sp³-hybridized carbons (Fsp3) is 0.364. The summed E-state index contributed by atoms with van der Waals surface area (Å²) in [6.07, 6.45) is 1.72. The van der Waals surface area contributed by atoms with E-state index in [0.717, 1.165) is 0 Å². The summed E-state index contributed by atoms with van der Waals surface area (Å²) >= 11 is 0. The largest absolute Gasteiger partial charge is 0.439 e. The third-order valence-electron chi connectivity index (χ3n) is 2.19. The lowest BCUT2D eigenvalue weighted by atomic mass is 10.1. The van der Waals surface area contributed by atoms with Crippen LogP contribution in [-0.4, -0.2) is 15.0 Å². The molecule has 2 aromatic heterocycles. The van der Waals surface area contributed by atoms with Crippen molar-refractivity contribution in [2.75, 3.05) is 0 Å². The molecule has 0 unspecified atom stereocenters. The van der Waals surface area contributed by atoms with E-state index < -0.39 is 6.43 Å². The number of hydrogen-bond acceptors (Lipinski definition) is 4. The van der Waals surface area contributed by atoms with E-state index in [2.05, 4.69) is 15.0 Å². The second-order valence-corrected chi connectivity index (χ2v) is 3.81. The Morgan fingerprint density at radius 1 is 1.24 bits per heavy atom. The minimum atomic E-state index is -2.65. The third-order valence-corrected chi connectivity index (χ3v) is 2.19. The predicted octanol–water partition coefficient (Wildman–Crippen LogP) is 3.19. The van der Waals surface area contributed by atoms with Crippen molar-refractivity contribution in [1.82, 2.24) is 15.0 Å². The molecule has 0 aromatic carbocycles. The molecule has 0 fully saturated rings. The van der Waals surface area contributed by atoms with Gasteiger partial charge in [-0.25, -0.2) is 18.7 Å². The fourth-order valence-electron chi connectivity index (χ4n) is 1.43. The molecule has 0 aliphatic carbocycles. The Labute approximate surface area is 96.7 Å². The Hall–Kier alpha value is -1.85. The Morgan fingerprint density at radius 2 is 2.00 bits per heavy atom. The quantitative estimate of drug-likeness (QED) is 0.825. The smallest absolute Gasteiger partial charge is 0.283 e. The van der Waals surface area contributed by atoms with Crippen LogP contribution in [0.5, 0.6) is 0 Å². The number of hydrogen-bond donors (Lipinski definition) is 0. The third kappa shape index (κ3) is 2.30. The first-order valence-electron chi connectivity index (χ1n) is 5.14. The summed E-state index contributed by atoms with van der Waals surface area (Å²) < 4.78 is 30.8. The standard InChI is InChI=1S/C11H11F2N3O/c1-6(2)9-8(10(12)13)16-11(17-9)7-5-14-3-4-15-7/h3-6,10H,1-2H3. The minimum absolute atomic E-state index is 0.0806. The van der Waals surface area contributed by atoms with Crippen LogP contribution in [-0.2, 0) is 0 Å². The van der Waals surface area contributed by atoms with Gasteiger partial charge in [0.2, 0.25) is 5.89 Å². The lowest BCUT2D eigenvalue weighted by Gasteiger charge is -2.01. The second-order valence-electron chi connectivity index (χ2n) is 3.81. The Kier molecular flexibility index (Phi) is 3.12. The summed E-state index contributed by atoms with van der Waals surface area (Å²) in [5.41, 5.74) is 0.0296. The minimum Gasteiger partial charge on any atom is -0.439 e. The summed E-state index contributed by atoms with van der Waals surface area (Å²) in [6, 6.07) is 0. The highest BCUT2D eigenvalue weighted by molar-refractivity contribution is 5.45. The summed E-state index contributed by atoms with van der Waals surface area (Å²) in [5, 5.41) is 0. The van der Waals surface area contributed by atoms with E-state index >= 15 is 0 Å². The van der Waals surface area contributed by atoms with Gasteiger partial charge in [0.25, 0.3) is 6.43 Å². The maximum atomic E-state index is 12.8. The van der Waals surface area contributed by atoms with Gasteiger partial charge in [-0.2, -0.15) is 0 Å². The summed E-state index contributed by atoms with van der Waals surface area (Å²) in [7, 11) is 0. The maximum absolute atomic E-state index is 12.8. The average molecular weight is 239 g/mol. The maximum Gasteiger partial charge on any atom is 0.283 e. The molecule has 0 radical (unpaired) electrons. The van der Waals surface area contributed by atoms with Crippen molar-refractivity contribution in [3.05, 3.63) is 30.0 Å². The first kappa shape index (κ1) is 11.6. The molecule has 17 heavy (non-hydrogen) atoms. The molecule has 2 heterocycles. The average Bonchev–Trinajstić information content (AvgIpc) is 2.75. The molecule has 2 rings (SSSR count). The number of rotatable bonds is 3. The van der Waals surface area contributed by atoms with E-state index in [4.69, 9.17) is 4.42 Å². The molecule has 0 spiro atoms. The van der Waals surface area contributed by atoms with Crippen molar-refractivity contribution < 1.29 is 13.2 Å². The first-order valence-corrected chi connectivity index (χ1v) is 5.14. The summed E-state index contributed by atoms with van der Waals surface area (Å²) in [5.74, 6) is 0.120. The molecule has 0 aliphatic heterocycles. The Balaban J connectivity index is 2.48. The van der Waals surface area contributed by atoms with Crippen LogP contribution in [0.2, 0.25) is 0 Å². The van der Waals surface area contributed by atoms with Crippen molar-refractivity contribution in [2.45, 2.75) is 26.2 Å². The van der Waals surface area contributed by atoms with E-state index in [-0.39, 0.29) is 23.3 Å². The molecule has 4 nitrogen and oxygen atoms in total. The van der Waals surface area contributed by atoms with Crippen molar-refractivity contribution in [3.8, 4) is 11.6 Å². The van der Waals surface area contributed by atoms with Gasteiger partial charge in [-0.3, -0.25) is 4.98 Å². The van der Waals surface area contributed by atoms with Crippen LogP contribution in [0.3, 0.4) is 0 Å². The van der Waals surface area contributed by atoms with E-state index in [1.807, 2.05) is 0 Å². The van der Waals surface area contributed by atoms with Crippen molar-refractivity contribution >= 4 is 0 Å². The molecular formula is C11H11F2N3O. The van der Waals surface area contributed by atoms with Gasteiger partial charge >= 0.3 is 0 Å². The van der Waals surface area contributed by atoms with E-state index in [9.17, 15) is 8.78 Å². The molecule has 2 aromatic rings. The number of aromatic nitrogens is 3. The van der Waals surface area contributed by atoms with Crippen LogP contribution < -0.4 is 0 Å². The molecular weight excluding hydrogens is 228 g/mol. The predicted molar refractivity (Wildman–Crippen MR) is 56.6 cm³/mol. The zero-order valence-corrected chi connectivity index (χ0v) is 9.39. The monoisotopic (exact) mass is 239 g/mol. The fourth-order valence-corrected chi connectivity index (χ4v) is 1.43. The van der Waals surface area contributed by atoms with Gasteiger partial charge in [0, 0.05) is 18.3 Å². The second kappa shape index (κ2) is 4.57. The van der Waals surface area contributed by atoms with Gasteiger partial charge in [0.05, 0.1) is 6.20 Å². The molecule has 0 atom stereocenters. The van der Waals surface area contributed by atoms with Gasteiger partial charge in [-0.15, -0.1) is 0 Å². The van der Waals surface area contributed by atoms with Crippen LogP contribution in [0.4, 0.5) is 8.78 Å². The highest BCUT2D eigenvalue weighted by Gasteiger charge is 2.24. The SMILES string of the molecule is CC(C)c1oc(-c2cnccn2)nc1C(F)F. The van der Waals surface area contributed by atoms with Crippen LogP contribution >= 0.6 is 0 Å². The van der Waals surface area contributed by atoms with Crippen molar-refractivity contribution in [2.24, 2.45) is 0 Å². The van der Waals surface area contributed by atoms with Crippen LogP contribution in [0.25, 0.3) is 11.6 Å². The molecule has 0 saturated carbocycles. The van der Waals surface area contributed by atoms with Crippen molar-refractivity contribution in [3.63, 3.8) is 0 Å². The Bertz CT molecular complexity index is 471. The highest BCUT2D eigenvalue weighted by Crippen LogP contribution is 2.31. The van der Waals surface area contributed by atoms with Gasteiger partial charge in [-0.05, 0) is 0 Å². The molecule has 0 amide bonds. The summed E-state index contributed by atoms with van der Waals surface area (Å²) in [6.45, 7) is 3.54. The van der Waals surface area contributed by atoms with E-state index in [1.165, 1.54) is 18.6 Å². The van der Waals surface area contributed by atoms with Gasteiger partial charge in [-0.1, -0.05) is 13.8 Å². The molecule has 0 saturated heterocycles. The Morgan fingerprint density at radius 3 is 2.47 bits per heavy atom. The van der Waals surface area contributed by atoms with Crippen LogP contribution in [0, 0.1) is 0 Å². The molecule has 0 bridgehead atoms.